The van der Waals surface area contributed by atoms with Gasteiger partial charge in [-0.2, -0.15) is 0 Å². The van der Waals surface area contributed by atoms with Crippen molar-refractivity contribution in [2.24, 2.45) is 11.8 Å². The van der Waals surface area contributed by atoms with Crippen LogP contribution >= 0.6 is 0 Å². The van der Waals surface area contributed by atoms with Gasteiger partial charge in [0.2, 0.25) is 5.91 Å². The van der Waals surface area contributed by atoms with Crippen LogP contribution in [0.5, 0.6) is 0 Å². The number of aliphatic hydroxyl groups excluding tert-OH is 1. The molecule has 106 valence electrons. The minimum atomic E-state index is -1.09. The van der Waals surface area contributed by atoms with E-state index in [-0.39, 0.29) is 12.3 Å². The van der Waals surface area contributed by atoms with Gasteiger partial charge < -0.3 is 15.5 Å². The molecule has 5 heteroatoms. The smallest absolute Gasteiger partial charge is 0.311 e. The van der Waals surface area contributed by atoms with Gasteiger partial charge in [0.1, 0.15) is 6.23 Å². The van der Waals surface area contributed by atoms with Crippen molar-refractivity contribution in [3.63, 3.8) is 0 Å². The summed E-state index contributed by atoms with van der Waals surface area (Å²) in [6, 6.07) is 9.18. The maximum atomic E-state index is 12.1. The van der Waals surface area contributed by atoms with Crippen LogP contribution in [0, 0.1) is 11.8 Å². The summed E-state index contributed by atoms with van der Waals surface area (Å²) in [7, 11) is 0. The Morgan fingerprint density at radius 2 is 2.05 bits per heavy atom. The fraction of sp³-hybridized carbons (Fsp3) is 0.333. The average molecular weight is 275 g/mol. The van der Waals surface area contributed by atoms with Gasteiger partial charge in [0.05, 0.1) is 11.8 Å². The summed E-state index contributed by atoms with van der Waals surface area (Å²) >= 11 is 0. The van der Waals surface area contributed by atoms with Crippen LogP contribution in [-0.4, -0.2) is 28.3 Å². The molecule has 4 atom stereocenters. The average Bonchev–Trinajstić information content (AvgIpc) is 2.42. The number of piperidine rings is 1. The Kier molecular flexibility index (Phi) is 4.20. The standard InChI is InChI=1S/C15H17NO4/c1-2-10(15(19)20)13-11(8-12(17)16-14(13)18)9-6-4-3-5-7-9/h2-7,10-13,17H,1,8H2,(H,16,18)(H,19,20). The molecule has 1 fully saturated rings. The number of benzene rings is 1. The molecule has 5 nitrogen and oxygen atoms in total. The van der Waals surface area contributed by atoms with Gasteiger partial charge in [0.15, 0.2) is 0 Å². The second kappa shape index (κ2) is 5.88. The minimum absolute atomic E-state index is 0.290. The lowest BCUT2D eigenvalue weighted by Gasteiger charge is -2.36. The van der Waals surface area contributed by atoms with Crippen molar-refractivity contribution in [1.29, 1.82) is 0 Å². The van der Waals surface area contributed by atoms with Gasteiger partial charge in [-0.3, -0.25) is 9.59 Å². The first kappa shape index (κ1) is 14.3. The largest absolute Gasteiger partial charge is 0.481 e. The van der Waals surface area contributed by atoms with E-state index >= 15 is 0 Å². The predicted octanol–water partition coefficient (Wildman–Crippen LogP) is 1.11. The quantitative estimate of drug-likeness (QED) is 0.718. The summed E-state index contributed by atoms with van der Waals surface area (Å²) in [6.07, 6.45) is 0.612. The minimum Gasteiger partial charge on any atom is -0.481 e. The molecule has 1 aliphatic rings. The molecule has 2 rings (SSSR count). The summed E-state index contributed by atoms with van der Waals surface area (Å²) < 4.78 is 0. The number of hydrogen-bond donors (Lipinski definition) is 3. The number of carboxylic acid groups (broad SMARTS) is 1. The van der Waals surface area contributed by atoms with E-state index in [1.807, 2.05) is 30.3 Å². The number of carboxylic acids is 1. The van der Waals surface area contributed by atoms with E-state index in [2.05, 4.69) is 11.9 Å². The van der Waals surface area contributed by atoms with Crippen LogP contribution < -0.4 is 5.32 Å². The number of amides is 1. The molecule has 1 saturated heterocycles. The first-order chi connectivity index (χ1) is 9.54. The van der Waals surface area contributed by atoms with Crippen molar-refractivity contribution in [3.05, 3.63) is 48.6 Å². The maximum absolute atomic E-state index is 12.1. The Bertz CT molecular complexity index is 514. The highest BCUT2D eigenvalue weighted by atomic mass is 16.4. The Hall–Kier alpha value is -2.14. The van der Waals surface area contributed by atoms with Crippen LogP contribution in [0.25, 0.3) is 0 Å². The lowest BCUT2D eigenvalue weighted by atomic mass is 9.73. The molecule has 0 aromatic heterocycles. The zero-order chi connectivity index (χ0) is 14.7. The van der Waals surface area contributed by atoms with E-state index in [4.69, 9.17) is 0 Å². The molecule has 4 unspecified atom stereocenters. The third-order valence-corrected chi connectivity index (χ3v) is 3.68. The van der Waals surface area contributed by atoms with Crippen LogP contribution in [0.1, 0.15) is 17.9 Å². The van der Waals surface area contributed by atoms with Gasteiger partial charge in [-0.05, 0) is 12.0 Å². The van der Waals surface area contributed by atoms with E-state index < -0.39 is 29.9 Å². The van der Waals surface area contributed by atoms with Crippen molar-refractivity contribution in [1.82, 2.24) is 5.32 Å². The summed E-state index contributed by atoms with van der Waals surface area (Å²) in [5.41, 5.74) is 0.847. The highest BCUT2D eigenvalue weighted by Crippen LogP contribution is 2.37. The fourth-order valence-corrected chi connectivity index (χ4v) is 2.75. The van der Waals surface area contributed by atoms with E-state index in [1.165, 1.54) is 6.08 Å². The first-order valence-electron chi connectivity index (χ1n) is 6.43. The Morgan fingerprint density at radius 1 is 1.40 bits per heavy atom. The molecule has 1 aromatic rings. The summed E-state index contributed by atoms with van der Waals surface area (Å²) in [6.45, 7) is 3.52. The highest BCUT2D eigenvalue weighted by molar-refractivity contribution is 5.87. The van der Waals surface area contributed by atoms with Gasteiger partial charge in [0.25, 0.3) is 0 Å². The number of carbonyl (C=O) groups excluding carboxylic acids is 1. The lowest BCUT2D eigenvalue weighted by Crippen LogP contribution is -2.50. The van der Waals surface area contributed by atoms with Crippen LogP contribution in [0.15, 0.2) is 43.0 Å². The van der Waals surface area contributed by atoms with E-state index in [9.17, 15) is 19.8 Å². The second-order valence-electron chi connectivity index (χ2n) is 4.90. The van der Waals surface area contributed by atoms with Gasteiger partial charge in [-0.15, -0.1) is 6.58 Å². The fourth-order valence-electron chi connectivity index (χ4n) is 2.75. The van der Waals surface area contributed by atoms with Crippen molar-refractivity contribution < 1.29 is 19.8 Å². The molecule has 0 bridgehead atoms. The highest BCUT2D eigenvalue weighted by Gasteiger charge is 2.43. The maximum Gasteiger partial charge on any atom is 0.311 e. The Labute approximate surface area is 116 Å². The topological polar surface area (TPSA) is 86.6 Å². The molecular weight excluding hydrogens is 258 g/mol. The van der Waals surface area contributed by atoms with Crippen molar-refractivity contribution >= 4 is 11.9 Å². The SMILES string of the molecule is C=CC(C(=O)O)C1C(=O)NC(O)CC1c1ccccc1. The van der Waals surface area contributed by atoms with E-state index in [1.54, 1.807) is 0 Å². The molecule has 1 amide bonds. The van der Waals surface area contributed by atoms with Crippen LogP contribution in [-0.2, 0) is 9.59 Å². The zero-order valence-corrected chi connectivity index (χ0v) is 10.9. The van der Waals surface area contributed by atoms with Crippen LogP contribution in [0.2, 0.25) is 0 Å². The van der Waals surface area contributed by atoms with Crippen molar-refractivity contribution in [2.45, 2.75) is 18.6 Å². The number of hydrogen-bond acceptors (Lipinski definition) is 3. The number of aliphatic hydroxyl groups is 1. The predicted molar refractivity (Wildman–Crippen MR) is 72.8 cm³/mol. The summed E-state index contributed by atoms with van der Waals surface area (Å²) in [4.78, 5) is 23.4. The molecule has 0 radical (unpaired) electrons. The number of nitrogens with one attached hydrogen (secondary N) is 1. The van der Waals surface area contributed by atoms with Crippen molar-refractivity contribution in [2.75, 3.05) is 0 Å². The van der Waals surface area contributed by atoms with Gasteiger partial charge in [-0.1, -0.05) is 36.4 Å². The van der Waals surface area contributed by atoms with Crippen LogP contribution in [0.3, 0.4) is 0 Å². The number of aliphatic carboxylic acids is 1. The van der Waals surface area contributed by atoms with Gasteiger partial charge in [0, 0.05) is 5.92 Å². The second-order valence-corrected chi connectivity index (χ2v) is 4.90. The van der Waals surface area contributed by atoms with Crippen molar-refractivity contribution in [3.8, 4) is 0 Å². The molecule has 20 heavy (non-hydrogen) atoms. The third-order valence-electron chi connectivity index (χ3n) is 3.68. The monoisotopic (exact) mass is 275 g/mol. The molecule has 0 spiro atoms. The van der Waals surface area contributed by atoms with E-state index in [0.717, 1.165) is 5.56 Å². The molecule has 1 aromatic carbocycles. The summed E-state index contributed by atoms with van der Waals surface area (Å²) in [5.74, 6) is -3.63. The number of carbonyl (C=O) groups is 2. The number of rotatable bonds is 4. The molecule has 1 heterocycles. The molecule has 0 aliphatic carbocycles. The molecule has 0 saturated carbocycles. The first-order valence-corrected chi connectivity index (χ1v) is 6.43. The molecular formula is C15H17NO4. The zero-order valence-electron chi connectivity index (χ0n) is 10.9. The third kappa shape index (κ3) is 2.72. The summed E-state index contributed by atoms with van der Waals surface area (Å²) in [5, 5.41) is 21.4. The molecule has 1 aliphatic heterocycles. The van der Waals surface area contributed by atoms with E-state index in [0.29, 0.717) is 0 Å². The van der Waals surface area contributed by atoms with Gasteiger partial charge in [-0.25, -0.2) is 0 Å². The Balaban J connectivity index is 2.40. The lowest BCUT2D eigenvalue weighted by molar-refractivity contribution is -0.148. The molecule has 3 N–H and O–H groups in total. The Morgan fingerprint density at radius 3 is 2.60 bits per heavy atom. The normalized spacial score (nSPS) is 27.4. The van der Waals surface area contributed by atoms with Gasteiger partial charge >= 0.3 is 5.97 Å². The van der Waals surface area contributed by atoms with Crippen LogP contribution in [0.4, 0.5) is 0 Å².